The van der Waals surface area contributed by atoms with E-state index in [4.69, 9.17) is 0 Å². The topological polar surface area (TPSA) is 22.0 Å². The molecule has 0 bridgehead atoms. The van der Waals surface area contributed by atoms with Crippen molar-refractivity contribution in [2.45, 2.75) is 20.0 Å². The molecule has 0 amide bonds. The monoisotopic (exact) mass is 317 g/mol. The smallest absolute Gasteiger partial charge is 0.316 e. The Labute approximate surface area is 131 Å². The highest BCUT2D eigenvalue weighted by Gasteiger charge is 2.40. The van der Waals surface area contributed by atoms with Gasteiger partial charge in [0, 0.05) is 17.3 Å². The SMILES string of the molecule is Cc1cc(C)cc(-n2cc(C(=O)C(F)(F)F)c3ccccc32)c1. The molecule has 1 aromatic heterocycles. The zero-order chi connectivity index (χ0) is 16.8. The number of fused-ring (bicyclic) bond motifs is 1. The number of alkyl halides is 3. The first-order valence-corrected chi connectivity index (χ1v) is 7.07. The Bertz CT molecular complexity index is 886. The number of carbonyl (C=O) groups is 1. The van der Waals surface area contributed by atoms with E-state index in [2.05, 4.69) is 0 Å². The van der Waals surface area contributed by atoms with Crippen LogP contribution in [0.4, 0.5) is 13.2 Å². The van der Waals surface area contributed by atoms with Gasteiger partial charge in [-0.25, -0.2) is 0 Å². The van der Waals surface area contributed by atoms with Crippen molar-refractivity contribution in [2.24, 2.45) is 0 Å². The van der Waals surface area contributed by atoms with Gasteiger partial charge in [-0.05, 0) is 43.2 Å². The summed E-state index contributed by atoms with van der Waals surface area (Å²) in [6.45, 7) is 3.84. The number of benzene rings is 2. The average molecular weight is 317 g/mol. The first kappa shape index (κ1) is 15.3. The van der Waals surface area contributed by atoms with Crippen molar-refractivity contribution >= 4 is 16.7 Å². The minimum atomic E-state index is -4.89. The van der Waals surface area contributed by atoms with Crippen LogP contribution in [0.1, 0.15) is 21.5 Å². The first-order valence-electron chi connectivity index (χ1n) is 7.07. The van der Waals surface area contributed by atoms with Gasteiger partial charge in [0.1, 0.15) is 0 Å². The molecule has 0 spiro atoms. The van der Waals surface area contributed by atoms with Crippen LogP contribution in [0.25, 0.3) is 16.6 Å². The number of Topliss-reactive ketones (excluding diaryl/α,β-unsaturated/α-hetero) is 1. The quantitative estimate of drug-likeness (QED) is 0.610. The Hall–Kier alpha value is -2.56. The molecule has 0 aliphatic carbocycles. The maximum Gasteiger partial charge on any atom is 0.454 e. The Balaban J connectivity index is 2.29. The third kappa shape index (κ3) is 2.74. The van der Waals surface area contributed by atoms with Crippen LogP contribution >= 0.6 is 0 Å². The van der Waals surface area contributed by atoms with Crippen molar-refractivity contribution in [1.82, 2.24) is 4.57 Å². The number of rotatable bonds is 2. The molecule has 118 valence electrons. The summed E-state index contributed by atoms with van der Waals surface area (Å²) < 4.78 is 40.2. The highest BCUT2D eigenvalue weighted by molar-refractivity contribution is 6.11. The lowest BCUT2D eigenvalue weighted by molar-refractivity contribution is -0.0884. The molecule has 23 heavy (non-hydrogen) atoms. The lowest BCUT2D eigenvalue weighted by atomic mass is 10.1. The molecule has 5 heteroatoms. The summed E-state index contributed by atoms with van der Waals surface area (Å²) in [5, 5.41) is 0.300. The second-order valence-corrected chi connectivity index (χ2v) is 5.60. The zero-order valence-electron chi connectivity index (χ0n) is 12.6. The van der Waals surface area contributed by atoms with Gasteiger partial charge in [-0.1, -0.05) is 24.3 Å². The zero-order valence-corrected chi connectivity index (χ0v) is 12.6. The Kier molecular flexibility index (Phi) is 3.51. The highest BCUT2D eigenvalue weighted by Crippen LogP contribution is 2.30. The van der Waals surface area contributed by atoms with E-state index in [1.807, 2.05) is 32.0 Å². The second kappa shape index (κ2) is 5.26. The molecule has 0 N–H and O–H groups in total. The van der Waals surface area contributed by atoms with Crippen molar-refractivity contribution in [2.75, 3.05) is 0 Å². The molecule has 0 aliphatic rings. The van der Waals surface area contributed by atoms with Crippen molar-refractivity contribution in [1.29, 1.82) is 0 Å². The molecule has 0 saturated heterocycles. The standard InChI is InChI=1S/C18H14F3NO/c1-11-7-12(2)9-13(8-11)22-10-15(17(23)18(19,20)21)14-5-3-4-6-16(14)22/h3-10H,1-2H3. The number of aromatic nitrogens is 1. The molecule has 0 saturated carbocycles. The number of para-hydroxylation sites is 1. The van der Waals surface area contributed by atoms with E-state index < -0.39 is 12.0 Å². The normalized spacial score (nSPS) is 11.9. The summed E-state index contributed by atoms with van der Waals surface area (Å²) in [4.78, 5) is 11.7. The Morgan fingerprint density at radius 2 is 1.61 bits per heavy atom. The number of nitrogens with zero attached hydrogens (tertiary/aromatic N) is 1. The van der Waals surface area contributed by atoms with Crippen LogP contribution in [0.15, 0.2) is 48.7 Å². The summed E-state index contributed by atoms with van der Waals surface area (Å²) >= 11 is 0. The maximum absolute atomic E-state index is 12.8. The lowest BCUT2D eigenvalue weighted by Gasteiger charge is -2.08. The van der Waals surface area contributed by atoms with Crippen molar-refractivity contribution in [3.8, 4) is 5.69 Å². The number of hydrogen-bond donors (Lipinski definition) is 0. The van der Waals surface area contributed by atoms with Crippen LogP contribution in [-0.2, 0) is 0 Å². The number of ketones is 1. The van der Waals surface area contributed by atoms with Gasteiger partial charge in [-0.3, -0.25) is 4.79 Å². The molecule has 0 atom stereocenters. The third-order valence-corrected chi connectivity index (χ3v) is 3.70. The molecule has 0 unspecified atom stereocenters. The van der Waals surface area contributed by atoms with E-state index in [-0.39, 0.29) is 5.56 Å². The fourth-order valence-corrected chi connectivity index (χ4v) is 2.82. The van der Waals surface area contributed by atoms with Gasteiger partial charge < -0.3 is 4.57 Å². The van der Waals surface area contributed by atoms with Gasteiger partial charge in [0.2, 0.25) is 0 Å². The molecule has 3 rings (SSSR count). The van der Waals surface area contributed by atoms with Crippen LogP contribution in [0.5, 0.6) is 0 Å². The van der Waals surface area contributed by atoms with Gasteiger partial charge in [-0.15, -0.1) is 0 Å². The lowest BCUT2D eigenvalue weighted by Crippen LogP contribution is -2.22. The van der Waals surface area contributed by atoms with Gasteiger partial charge in [0.25, 0.3) is 5.78 Å². The van der Waals surface area contributed by atoms with Gasteiger partial charge in [-0.2, -0.15) is 13.2 Å². The molecule has 2 nitrogen and oxygen atoms in total. The molecule has 1 heterocycles. The first-order chi connectivity index (χ1) is 10.8. The summed E-state index contributed by atoms with van der Waals surface area (Å²) in [6.07, 6.45) is -3.62. The van der Waals surface area contributed by atoms with Crippen LogP contribution in [0, 0.1) is 13.8 Å². The van der Waals surface area contributed by atoms with Gasteiger partial charge >= 0.3 is 6.18 Å². The molecule has 0 fully saturated rings. The minimum Gasteiger partial charge on any atom is -0.316 e. The molecule has 2 aromatic carbocycles. The second-order valence-electron chi connectivity index (χ2n) is 5.60. The summed E-state index contributed by atoms with van der Waals surface area (Å²) in [5.74, 6) is -1.82. The maximum atomic E-state index is 12.8. The van der Waals surface area contributed by atoms with E-state index in [1.165, 1.54) is 12.3 Å². The van der Waals surface area contributed by atoms with Crippen LogP contribution in [0.2, 0.25) is 0 Å². The van der Waals surface area contributed by atoms with E-state index in [0.29, 0.717) is 10.9 Å². The van der Waals surface area contributed by atoms with Crippen molar-refractivity contribution in [3.05, 3.63) is 65.4 Å². The van der Waals surface area contributed by atoms with Crippen LogP contribution < -0.4 is 0 Å². The third-order valence-electron chi connectivity index (χ3n) is 3.70. The molecular weight excluding hydrogens is 303 g/mol. The molecule has 0 aliphatic heterocycles. The highest BCUT2D eigenvalue weighted by atomic mass is 19.4. The Morgan fingerprint density at radius 3 is 2.22 bits per heavy atom. The van der Waals surface area contributed by atoms with Crippen molar-refractivity contribution in [3.63, 3.8) is 0 Å². The van der Waals surface area contributed by atoms with E-state index in [0.717, 1.165) is 16.8 Å². The van der Waals surface area contributed by atoms with E-state index in [9.17, 15) is 18.0 Å². The molecule has 0 radical (unpaired) electrons. The summed E-state index contributed by atoms with van der Waals surface area (Å²) in [5.41, 5.74) is 2.99. The summed E-state index contributed by atoms with van der Waals surface area (Å²) in [7, 11) is 0. The van der Waals surface area contributed by atoms with Gasteiger partial charge in [0.05, 0.1) is 11.1 Å². The van der Waals surface area contributed by atoms with Gasteiger partial charge in [0.15, 0.2) is 0 Å². The van der Waals surface area contributed by atoms with E-state index >= 15 is 0 Å². The summed E-state index contributed by atoms with van der Waals surface area (Å²) in [6, 6.07) is 12.3. The predicted octanol–water partition coefficient (Wildman–Crippen LogP) is 4.99. The predicted molar refractivity (Wildman–Crippen MR) is 83.1 cm³/mol. The van der Waals surface area contributed by atoms with E-state index in [1.54, 1.807) is 22.8 Å². The molecular formula is C18H14F3NO. The Morgan fingerprint density at radius 1 is 1.00 bits per heavy atom. The number of carbonyl (C=O) groups excluding carboxylic acids is 1. The fourth-order valence-electron chi connectivity index (χ4n) is 2.82. The number of aryl methyl sites for hydroxylation is 2. The van der Waals surface area contributed by atoms with Crippen LogP contribution in [-0.4, -0.2) is 16.5 Å². The van der Waals surface area contributed by atoms with Crippen molar-refractivity contribution < 1.29 is 18.0 Å². The minimum absolute atomic E-state index is 0.300. The van der Waals surface area contributed by atoms with Crippen LogP contribution in [0.3, 0.4) is 0 Å². The average Bonchev–Trinajstić information content (AvgIpc) is 2.84. The number of halogens is 3. The fraction of sp³-hybridized carbons (Fsp3) is 0.167. The largest absolute Gasteiger partial charge is 0.454 e. The molecule has 3 aromatic rings. The number of hydrogen-bond acceptors (Lipinski definition) is 1.